The zero-order chi connectivity index (χ0) is 18.5. The first-order chi connectivity index (χ1) is 12.5. The maximum Gasteiger partial charge on any atom is 0.308 e. The number of benzene rings is 1. The molecule has 7 nitrogen and oxygen atoms in total. The normalized spacial score (nSPS) is 10.7. The fourth-order valence-corrected chi connectivity index (χ4v) is 3.04. The van der Waals surface area contributed by atoms with Crippen molar-refractivity contribution in [2.75, 3.05) is 6.54 Å². The number of hydrogen-bond donors (Lipinski definition) is 2. The molecule has 0 aliphatic carbocycles. The number of carbonyl (C=O) groups excluding carboxylic acids is 2. The Labute approximate surface area is 157 Å². The number of amides is 1. The van der Waals surface area contributed by atoms with Crippen LogP contribution in [0.4, 0.5) is 0 Å². The number of fused-ring (bicyclic) bond motifs is 1. The molecule has 0 aliphatic rings. The van der Waals surface area contributed by atoms with Crippen LogP contribution >= 0.6 is 22.9 Å². The van der Waals surface area contributed by atoms with Crippen LogP contribution in [-0.2, 0) is 16.1 Å². The second-order valence-corrected chi connectivity index (χ2v) is 6.67. The topological polar surface area (TPSA) is 101 Å². The van der Waals surface area contributed by atoms with Gasteiger partial charge in [0, 0.05) is 17.1 Å². The smallest absolute Gasteiger partial charge is 0.308 e. The first-order valence-electron chi connectivity index (χ1n) is 7.69. The summed E-state index contributed by atoms with van der Waals surface area (Å²) in [5, 5.41) is 4.93. The summed E-state index contributed by atoms with van der Waals surface area (Å²) in [6.45, 7) is -0.00119. The first-order valence-corrected chi connectivity index (χ1v) is 8.94. The Bertz CT molecular complexity index is 997. The van der Waals surface area contributed by atoms with Crippen LogP contribution in [0.15, 0.2) is 40.5 Å². The zero-order valence-electron chi connectivity index (χ0n) is 13.5. The van der Waals surface area contributed by atoms with Crippen molar-refractivity contribution >= 4 is 45.0 Å². The molecule has 26 heavy (non-hydrogen) atoms. The molecule has 0 saturated carbocycles. The van der Waals surface area contributed by atoms with E-state index in [0.717, 1.165) is 0 Å². The average Bonchev–Trinajstić information content (AvgIpc) is 3.09. The van der Waals surface area contributed by atoms with Crippen molar-refractivity contribution in [3.8, 4) is 0 Å². The minimum Gasteiger partial charge on any atom is -0.457 e. The molecular formula is C17H14ClN3O4S. The van der Waals surface area contributed by atoms with E-state index in [1.165, 1.54) is 11.3 Å². The number of H-pyrrole nitrogens is 1. The summed E-state index contributed by atoms with van der Waals surface area (Å²) in [5.74, 6) is -0.530. The van der Waals surface area contributed by atoms with Gasteiger partial charge in [-0.05, 0) is 35.7 Å². The summed E-state index contributed by atoms with van der Waals surface area (Å²) in [5.41, 5.74) is 0.764. The third-order valence-corrected chi connectivity index (χ3v) is 4.61. The van der Waals surface area contributed by atoms with Gasteiger partial charge in [0.05, 0.1) is 11.9 Å². The Morgan fingerprint density at radius 3 is 2.77 bits per heavy atom. The van der Waals surface area contributed by atoms with Crippen molar-refractivity contribution in [1.29, 1.82) is 0 Å². The van der Waals surface area contributed by atoms with E-state index in [2.05, 4.69) is 15.3 Å². The van der Waals surface area contributed by atoms with Gasteiger partial charge in [-0.1, -0.05) is 11.6 Å². The Morgan fingerprint density at radius 1 is 1.23 bits per heavy atom. The Kier molecular flexibility index (Phi) is 5.65. The summed E-state index contributed by atoms with van der Waals surface area (Å²) in [7, 11) is 0. The second-order valence-electron chi connectivity index (χ2n) is 5.32. The van der Waals surface area contributed by atoms with Gasteiger partial charge in [-0.15, -0.1) is 11.3 Å². The number of halogens is 1. The van der Waals surface area contributed by atoms with Crippen molar-refractivity contribution in [2.24, 2.45) is 0 Å². The highest BCUT2D eigenvalue weighted by atomic mass is 35.5. The second kappa shape index (κ2) is 8.11. The van der Waals surface area contributed by atoms with Crippen LogP contribution in [0.25, 0.3) is 10.2 Å². The minimum absolute atomic E-state index is 0.00422. The van der Waals surface area contributed by atoms with Crippen molar-refractivity contribution in [1.82, 2.24) is 15.3 Å². The highest BCUT2D eigenvalue weighted by molar-refractivity contribution is 7.17. The summed E-state index contributed by atoms with van der Waals surface area (Å²) in [6.07, 6.45) is 0.00422. The van der Waals surface area contributed by atoms with Gasteiger partial charge in [-0.3, -0.25) is 14.4 Å². The molecule has 9 heteroatoms. The highest BCUT2D eigenvalue weighted by Crippen LogP contribution is 2.14. The first kappa shape index (κ1) is 18.1. The molecule has 1 aromatic carbocycles. The number of ether oxygens (including phenoxy) is 1. The third-order valence-electron chi connectivity index (χ3n) is 3.45. The van der Waals surface area contributed by atoms with Crippen molar-refractivity contribution in [3.63, 3.8) is 0 Å². The van der Waals surface area contributed by atoms with Gasteiger partial charge < -0.3 is 15.0 Å². The largest absolute Gasteiger partial charge is 0.457 e. The van der Waals surface area contributed by atoms with E-state index in [4.69, 9.17) is 16.3 Å². The number of nitrogens with one attached hydrogen (secondary N) is 2. The Balaban J connectivity index is 1.45. The van der Waals surface area contributed by atoms with Crippen LogP contribution in [-0.4, -0.2) is 28.4 Å². The lowest BCUT2D eigenvalue weighted by atomic mass is 10.2. The number of esters is 1. The molecule has 0 unspecified atom stereocenters. The van der Waals surface area contributed by atoms with Crippen molar-refractivity contribution < 1.29 is 14.3 Å². The predicted octanol–water partition coefficient (Wildman–Crippen LogP) is 2.50. The molecule has 134 valence electrons. The molecule has 0 fully saturated rings. The monoisotopic (exact) mass is 391 g/mol. The number of hydrogen-bond acceptors (Lipinski definition) is 6. The maximum absolute atomic E-state index is 11.9. The highest BCUT2D eigenvalue weighted by Gasteiger charge is 2.10. The maximum atomic E-state index is 11.9. The van der Waals surface area contributed by atoms with Crippen LogP contribution in [0.1, 0.15) is 22.6 Å². The molecule has 0 bridgehead atoms. The fourth-order valence-electron chi connectivity index (χ4n) is 2.19. The molecule has 3 rings (SSSR count). The van der Waals surface area contributed by atoms with Crippen molar-refractivity contribution in [2.45, 2.75) is 13.0 Å². The molecule has 0 radical (unpaired) electrons. The SMILES string of the molecule is O=C(CCNC(=O)c1ccc(Cl)cc1)OCc1nc2ccsc2c(=O)[nH]1. The standard InChI is InChI=1S/C17H14ClN3O4S/c18-11-3-1-10(2-4-11)16(23)19-7-5-14(22)25-9-13-20-12-6-8-26-15(12)17(24)21-13/h1-4,6,8H,5,7,9H2,(H,19,23)(H,20,21,24). The van der Waals surface area contributed by atoms with E-state index in [1.807, 2.05) is 0 Å². The third kappa shape index (κ3) is 4.47. The molecule has 2 aromatic heterocycles. The quantitative estimate of drug-likeness (QED) is 0.629. The van der Waals surface area contributed by atoms with Gasteiger partial charge in [-0.25, -0.2) is 4.98 Å². The van der Waals surface area contributed by atoms with E-state index in [1.54, 1.807) is 35.7 Å². The zero-order valence-corrected chi connectivity index (χ0v) is 15.0. The number of carbonyl (C=O) groups is 2. The number of aromatic nitrogens is 2. The molecule has 3 aromatic rings. The lowest BCUT2D eigenvalue weighted by Gasteiger charge is -2.06. The summed E-state index contributed by atoms with van der Waals surface area (Å²) in [4.78, 5) is 42.3. The molecule has 2 heterocycles. The molecular weight excluding hydrogens is 378 g/mol. The molecule has 1 amide bonds. The minimum atomic E-state index is -0.505. The number of aromatic amines is 1. The van der Waals surface area contributed by atoms with Gasteiger partial charge in [0.1, 0.15) is 17.1 Å². The van der Waals surface area contributed by atoms with Crippen LogP contribution < -0.4 is 10.9 Å². The molecule has 2 N–H and O–H groups in total. The van der Waals surface area contributed by atoms with Gasteiger partial charge in [-0.2, -0.15) is 0 Å². The average molecular weight is 392 g/mol. The van der Waals surface area contributed by atoms with E-state index in [9.17, 15) is 14.4 Å². The van der Waals surface area contributed by atoms with E-state index in [0.29, 0.717) is 20.8 Å². The van der Waals surface area contributed by atoms with Gasteiger partial charge >= 0.3 is 5.97 Å². The van der Waals surface area contributed by atoms with E-state index < -0.39 is 5.97 Å². The molecule has 0 aliphatic heterocycles. The summed E-state index contributed by atoms with van der Waals surface area (Å²) in [6, 6.07) is 8.15. The van der Waals surface area contributed by atoms with Crippen LogP contribution in [0.3, 0.4) is 0 Å². The summed E-state index contributed by atoms with van der Waals surface area (Å²) < 4.78 is 5.61. The Morgan fingerprint density at radius 2 is 2.00 bits per heavy atom. The van der Waals surface area contributed by atoms with Crippen molar-refractivity contribution in [3.05, 3.63) is 62.5 Å². The lowest BCUT2D eigenvalue weighted by Crippen LogP contribution is -2.26. The summed E-state index contributed by atoms with van der Waals surface area (Å²) >= 11 is 7.06. The van der Waals surface area contributed by atoms with Crippen LogP contribution in [0.5, 0.6) is 0 Å². The van der Waals surface area contributed by atoms with Gasteiger partial charge in [0.2, 0.25) is 0 Å². The number of rotatable bonds is 6. The van der Waals surface area contributed by atoms with Crippen LogP contribution in [0, 0.1) is 0 Å². The predicted molar refractivity (Wildman–Crippen MR) is 98.4 cm³/mol. The van der Waals surface area contributed by atoms with Gasteiger partial charge in [0.15, 0.2) is 0 Å². The van der Waals surface area contributed by atoms with E-state index >= 15 is 0 Å². The molecule has 0 saturated heterocycles. The van der Waals surface area contributed by atoms with Crippen LogP contribution in [0.2, 0.25) is 5.02 Å². The fraction of sp³-hybridized carbons (Fsp3) is 0.176. The molecule has 0 atom stereocenters. The number of thiophene rings is 1. The molecule has 0 spiro atoms. The van der Waals surface area contributed by atoms with E-state index in [-0.39, 0.29) is 36.9 Å². The lowest BCUT2D eigenvalue weighted by molar-refractivity contribution is -0.145. The Hall–Kier alpha value is -2.71. The van der Waals surface area contributed by atoms with Gasteiger partial charge in [0.25, 0.3) is 11.5 Å². The number of nitrogens with zero attached hydrogens (tertiary/aromatic N) is 1.